The molecule has 0 spiro atoms. The summed E-state index contributed by atoms with van der Waals surface area (Å²) in [5, 5.41) is 5.65. The highest BCUT2D eigenvalue weighted by Crippen LogP contribution is 2.17. The van der Waals surface area contributed by atoms with Crippen LogP contribution in [0.15, 0.2) is 18.2 Å². The summed E-state index contributed by atoms with van der Waals surface area (Å²) in [6.07, 6.45) is 2.07. The van der Waals surface area contributed by atoms with Gasteiger partial charge in [-0.15, -0.1) is 0 Å². The highest BCUT2D eigenvalue weighted by atomic mass is 19.1. The average molecular weight is 252 g/mol. The van der Waals surface area contributed by atoms with Crippen molar-refractivity contribution in [1.29, 1.82) is 0 Å². The predicted octanol–water partition coefficient (Wildman–Crippen LogP) is 1.78. The normalized spacial score (nSPS) is 18.7. The van der Waals surface area contributed by atoms with Crippen molar-refractivity contribution in [3.8, 4) is 0 Å². The molecule has 2 N–H and O–H groups in total. The van der Waals surface area contributed by atoms with Crippen LogP contribution >= 0.6 is 0 Å². The van der Waals surface area contributed by atoms with E-state index in [0.29, 0.717) is 17.8 Å². The molecule has 1 fully saturated rings. The largest absolute Gasteiger partial charge is 0.387 e. The van der Waals surface area contributed by atoms with E-state index in [-0.39, 0.29) is 12.0 Å². The van der Waals surface area contributed by atoms with Gasteiger partial charge in [-0.25, -0.2) is 4.39 Å². The number of hydrogen-bond donors (Lipinski definition) is 2. The van der Waals surface area contributed by atoms with Crippen molar-refractivity contribution >= 4 is 11.6 Å². The summed E-state index contributed by atoms with van der Waals surface area (Å²) in [7, 11) is 1.70. The third-order valence-corrected chi connectivity index (χ3v) is 3.01. The SMILES string of the molecule is CNc1ccc(F)cc1C(=O)NCC1CCCO1. The van der Waals surface area contributed by atoms with Crippen LogP contribution in [0.25, 0.3) is 0 Å². The Bertz CT molecular complexity index is 431. The van der Waals surface area contributed by atoms with Gasteiger partial charge in [0.2, 0.25) is 0 Å². The van der Waals surface area contributed by atoms with E-state index >= 15 is 0 Å². The van der Waals surface area contributed by atoms with Crippen LogP contribution < -0.4 is 10.6 Å². The minimum absolute atomic E-state index is 0.0838. The fourth-order valence-electron chi connectivity index (χ4n) is 2.03. The molecule has 1 aromatic rings. The molecule has 0 bridgehead atoms. The molecule has 0 saturated carbocycles. The first-order chi connectivity index (χ1) is 8.70. The van der Waals surface area contributed by atoms with Crippen molar-refractivity contribution in [2.24, 2.45) is 0 Å². The van der Waals surface area contributed by atoms with Crippen LogP contribution in [0.3, 0.4) is 0 Å². The number of carbonyl (C=O) groups excluding carboxylic acids is 1. The maximum atomic E-state index is 13.2. The van der Waals surface area contributed by atoms with Gasteiger partial charge in [-0.05, 0) is 31.0 Å². The third kappa shape index (κ3) is 2.98. The van der Waals surface area contributed by atoms with E-state index in [0.717, 1.165) is 19.4 Å². The van der Waals surface area contributed by atoms with Crippen LogP contribution in [0, 0.1) is 5.82 Å². The van der Waals surface area contributed by atoms with Gasteiger partial charge in [0.05, 0.1) is 11.7 Å². The van der Waals surface area contributed by atoms with Gasteiger partial charge in [0, 0.05) is 25.9 Å². The minimum Gasteiger partial charge on any atom is -0.387 e. The van der Waals surface area contributed by atoms with E-state index in [9.17, 15) is 9.18 Å². The Morgan fingerprint density at radius 2 is 2.39 bits per heavy atom. The second-order valence-electron chi connectivity index (χ2n) is 4.28. The van der Waals surface area contributed by atoms with Crippen LogP contribution in [-0.4, -0.2) is 32.2 Å². The number of rotatable bonds is 4. The average Bonchev–Trinajstić information content (AvgIpc) is 2.89. The number of benzene rings is 1. The Morgan fingerprint density at radius 3 is 3.06 bits per heavy atom. The van der Waals surface area contributed by atoms with Gasteiger partial charge in [0.1, 0.15) is 5.82 Å². The molecule has 5 heteroatoms. The Kier molecular flexibility index (Phi) is 4.15. The number of ether oxygens (including phenoxy) is 1. The summed E-state index contributed by atoms with van der Waals surface area (Å²) < 4.78 is 18.6. The third-order valence-electron chi connectivity index (χ3n) is 3.01. The second kappa shape index (κ2) is 5.82. The molecule has 0 aliphatic carbocycles. The maximum Gasteiger partial charge on any atom is 0.253 e. The monoisotopic (exact) mass is 252 g/mol. The topological polar surface area (TPSA) is 50.4 Å². The summed E-state index contributed by atoms with van der Waals surface area (Å²) in [6.45, 7) is 1.22. The van der Waals surface area contributed by atoms with Gasteiger partial charge in [-0.1, -0.05) is 0 Å². The van der Waals surface area contributed by atoms with E-state index in [1.54, 1.807) is 13.1 Å². The first-order valence-electron chi connectivity index (χ1n) is 6.08. The van der Waals surface area contributed by atoms with E-state index in [4.69, 9.17) is 4.74 Å². The number of nitrogens with one attached hydrogen (secondary N) is 2. The van der Waals surface area contributed by atoms with E-state index < -0.39 is 5.82 Å². The smallest absolute Gasteiger partial charge is 0.253 e. The Labute approximate surface area is 106 Å². The molecular weight excluding hydrogens is 235 g/mol. The quantitative estimate of drug-likeness (QED) is 0.858. The van der Waals surface area contributed by atoms with Crippen molar-refractivity contribution in [2.75, 3.05) is 25.5 Å². The van der Waals surface area contributed by atoms with Crippen molar-refractivity contribution in [3.63, 3.8) is 0 Å². The summed E-state index contributed by atoms with van der Waals surface area (Å²) in [4.78, 5) is 12.0. The van der Waals surface area contributed by atoms with Crippen LogP contribution in [0.1, 0.15) is 23.2 Å². The molecule has 1 aromatic carbocycles. The Hall–Kier alpha value is -1.62. The molecular formula is C13H17FN2O2. The standard InChI is InChI=1S/C13H17FN2O2/c1-15-12-5-4-9(14)7-11(12)13(17)16-8-10-3-2-6-18-10/h4-5,7,10,15H,2-3,6,8H2,1H3,(H,16,17). The molecule has 4 nitrogen and oxygen atoms in total. The summed E-state index contributed by atoms with van der Waals surface area (Å²) in [5.41, 5.74) is 0.928. The lowest BCUT2D eigenvalue weighted by molar-refractivity contribution is 0.0858. The molecule has 98 valence electrons. The number of hydrogen-bond acceptors (Lipinski definition) is 3. The number of carbonyl (C=O) groups is 1. The first kappa shape index (κ1) is 12.8. The summed E-state index contributed by atoms with van der Waals surface area (Å²) in [6, 6.07) is 4.11. The maximum absolute atomic E-state index is 13.2. The minimum atomic E-state index is -0.420. The van der Waals surface area contributed by atoms with E-state index in [1.165, 1.54) is 12.1 Å². The van der Waals surface area contributed by atoms with E-state index in [2.05, 4.69) is 10.6 Å². The lowest BCUT2D eigenvalue weighted by Gasteiger charge is -2.13. The van der Waals surface area contributed by atoms with Crippen molar-refractivity contribution in [1.82, 2.24) is 5.32 Å². The van der Waals surface area contributed by atoms with Crippen molar-refractivity contribution in [3.05, 3.63) is 29.6 Å². The predicted molar refractivity (Wildman–Crippen MR) is 67.3 cm³/mol. The summed E-state index contributed by atoms with van der Waals surface area (Å²) >= 11 is 0. The van der Waals surface area contributed by atoms with Crippen LogP contribution in [-0.2, 0) is 4.74 Å². The van der Waals surface area contributed by atoms with Gasteiger partial charge in [-0.3, -0.25) is 4.79 Å². The highest BCUT2D eigenvalue weighted by molar-refractivity contribution is 5.99. The van der Waals surface area contributed by atoms with Gasteiger partial charge >= 0.3 is 0 Å². The highest BCUT2D eigenvalue weighted by Gasteiger charge is 2.18. The number of anilines is 1. The fourth-order valence-corrected chi connectivity index (χ4v) is 2.03. The lowest BCUT2D eigenvalue weighted by atomic mass is 10.1. The van der Waals surface area contributed by atoms with E-state index in [1.807, 2.05) is 0 Å². The zero-order valence-electron chi connectivity index (χ0n) is 10.3. The zero-order valence-corrected chi connectivity index (χ0v) is 10.3. The lowest BCUT2D eigenvalue weighted by Crippen LogP contribution is -2.32. The molecule has 1 heterocycles. The fraction of sp³-hybridized carbons (Fsp3) is 0.462. The van der Waals surface area contributed by atoms with Crippen LogP contribution in [0.5, 0.6) is 0 Å². The molecule has 1 aliphatic rings. The molecule has 0 aromatic heterocycles. The van der Waals surface area contributed by atoms with Crippen molar-refractivity contribution in [2.45, 2.75) is 18.9 Å². The van der Waals surface area contributed by atoms with Crippen LogP contribution in [0.4, 0.5) is 10.1 Å². The first-order valence-corrected chi connectivity index (χ1v) is 6.08. The molecule has 1 aliphatic heterocycles. The second-order valence-corrected chi connectivity index (χ2v) is 4.28. The molecule has 1 saturated heterocycles. The van der Waals surface area contributed by atoms with Gasteiger partial charge in [0.25, 0.3) is 5.91 Å². The summed E-state index contributed by atoms with van der Waals surface area (Å²) in [5.74, 6) is -0.703. The molecule has 18 heavy (non-hydrogen) atoms. The molecule has 2 rings (SSSR count). The van der Waals surface area contributed by atoms with Crippen LogP contribution in [0.2, 0.25) is 0 Å². The Balaban J connectivity index is 2.00. The zero-order chi connectivity index (χ0) is 13.0. The Morgan fingerprint density at radius 1 is 1.56 bits per heavy atom. The molecule has 0 radical (unpaired) electrons. The number of halogens is 1. The van der Waals surface area contributed by atoms with Gasteiger partial charge in [-0.2, -0.15) is 0 Å². The number of amides is 1. The molecule has 1 amide bonds. The van der Waals surface area contributed by atoms with Gasteiger partial charge in [0.15, 0.2) is 0 Å². The van der Waals surface area contributed by atoms with Gasteiger partial charge < -0.3 is 15.4 Å². The van der Waals surface area contributed by atoms with Crippen molar-refractivity contribution < 1.29 is 13.9 Å². The molecule has 1 atom stereocenters. The molecule has 1 unspecified atom stereocenters.